The summed E-state index contributed by atoms with van der Waals surface area (Å²) in [6, 6.07) is 25.8. The summed E-state index contributed by atoms with van der Waals surface area (Å²) in [7, 11) is 12.8. The summed E-state index contributed by atoms with van der Waals surface area (Å²) >= 11 is 0. The second-order valence-corrected chi connectivity index (χ2v) is 11.2. The Kier molecular flexibility index (Phi) is 12.9. The number of benzene rings is 5. The Balaban J connectivity index is 1.42. The van der Waals surface area contributed by atoms with Crippen LogP contribution in [0.25, 0.3) is 0 Å². The highest BCUT2D eigenvalue weighted by Crippen LogP contribution is 2.31. The summed E-state index contributed by atoms with van der Waals surface area (Å²) in [5.41, 5.74) is 5.42. The van der Waals surface area contributed by atoms with E-state index in [9.17, 15) is 0 Å². The van der Waals surface area contributed by atoms with E-state index < -0.39 is 0 Å². The predicted molar refractivity (Wildman–Crippen MR) is 209 cm³/mol. The molecule has 270 valence electrons. The molecule has 0 bridgehead atoms. The van der Waals surface area contributed by atoms with Crippen molar-refractivity contribution in [3.8, 4) is 93.4 Å². The first-order chi connectivity index (χ1) is 26.4. The molecule has 8 heteroatoms. The SMILES string of the molecule is COc1ccc(OC)c(C#Cc2cc(OC)c(C#Cc3cccc(C#Cc4cc(OC)c(C#Cc5cc(OC)ccc5OC)cc4OC)c3)cc2OC)c1. The van der Waals surface area contributed by atoms with E-state index >= 15 is 0 Å². The second kappa shape index (κ2) is 18.3. The average molecular weight is 719 g/mol. The van der Waals surface area contributed by atoms with Gasteiger partial charge in [-0.2, -0.15) is 0 Å². The highest BCUT2D eigenvalue weighted by atomic mass is 16.5. The van der Waals surface area contributed by atoms with Crippen LogP contribution < -0.4 is 37.9 Å². The van der Waals surface area contributed by atoms with Gasteiger partial charge in [-0.05, 0) is 54.6 Å². The normalized spacial score (nSPS) is 9.63. The van der Waals surface area contributed by atoms with Crippen LogP contribution in [0.5, 0.6) is 46.0 Å². The molecule has 5 aromatic rings. The van der Waals surface area contributed by atoms with Crippen LogP contribution in [0.4, 0.5) is 0 Å². The fourth-order valence-electron chi connectivity index (χ4n) is 5.23. The first kappa shape index (κ1) is 38.0. The third-order valence-electron chi connectivity index (χ3n) is 8.07. The van der Waals surface area contributed by atoms with Gasteiger partial charge >= 0.3 is 0 Å². The molecule has 0 aromatic heterocycles. The van der Waals surface area contributed by atoms with Gasteiger partial charge in [-0.1, -0.05) is 53.4 Å². The minimum Gasteiger partial charge on any atom is -0.497 e. The lowest BCUT2D eigenvalue weighted by molar-refractivity contribution is 0.401. The molecule has 0 saturated carbocycles. The van der Waals surface area contributed by atoms with Crippen molar-refractivity contribution in [1.29, 1.82) is 0 Å². The molecule has 0 unspecified atom stereocenters. The number of rotatable bonds is 8. The minimum atomic E-state index is 0.551. The summed E-state index contributed by atoms with van der Waals surface area (Å²) in [6.07, 6.45) is 0. The Morgan fingerprint density at radius 1 is 0.278 bits per heavy atom. The molecule has 0 N–H and O–H groups in total. The number of ether oxygens (including phenoxy) is 8. The molecule has 5 aromatic carbocycles. The van der Waals surface area contributed by atoms with Crippen molar-refractivity contribution in [2.24, 2.45) is 0 Å². The Morgan fingerprint density at radius 3 is 0.870 bits per heavy atom. The molecule has 5 rings (SSSR count). The van der Waals surface area contributed by atoms with Crippen molar-refractivity contribution >= 4 is 0 Å². The first-order valence-electron chi connectivity index (χ1n) is 16.5. The van der Waals surface area contributed by atoms with Crippen molar-refractivity contribution < 1.29 is 37.9 Å². The minimum absolute atomic E-state index is 0.551. The van der Waals surface area contributed by atoms with Crippen LogP contribution in [-0.4, -0.2) is 56.9 Å². The van der Waals surface area contributed by atoms with Crippen molar-refractivity contribution in [3.05, 3.63) is 129 Å². The Hall–Kier alpha value is -7.26. The fourth-order valence-corrected chi connectivity index (χ4v) is 5.23. The molecule has 0 aliphatic carbocycles. The van der Waals surface area contributed by atoms with Gasteiger partial charge in [-0.15, -0.1) is 0 Å². The molecule has 54 heavy (non-hydrogen) atoms. The van der Waals surface area contributed by atoms with Gasteiger partial charge in [0.05, 0.1) is 90.3 Å². The summed E-state index contributed by atoms with van der Waals surface area (Å²) in [5, 5.41) is 0. The van der Waals surface area contributed by atoms with E-state index in [4.69, 9.17) is 37.9 Å². The molecule has 0 amide bonds. The Morgan fingerprint density at radius 2 is 0.574 bits per heavy atom. The highest BCUT2D eigenvalue weighted by Gasteiger charge is 2.11. The van der Waals surface area contributed by atoms with Gasteiger partial charge in [0.1, 0.15) is 46.0 Å². The number of hydrogen-bond donors (Lipinski definition) is 0. The van der Waals surface area contributed by atoms with E-state index in [2.05, 4.69) is 47.4 Å². The molecule has 0 fully saturated rings. The quantitative estimate of drug-likeness (QED) is 0.154. The second-order valence-electron chi connectivity index (χ2n) is 11.2. The van der Waals surface area contributed by atoms with E-state index in [0.29, 0.717) is 79.4 Å². The molecule has 0 spiro atoms. The monoisotopic (exact) mass is 718 g/mol. The first-order valence-corrected chi connectivity index (χ1v) is 16.5. The van der Waals surface area contributed by atoms with E-state index in [1.54, 1.807) is 69.0 Å². The largest absolute Gasteiger partial charge is 0.497 e. The van der Waals surface area contributed by atoms with Crippen molar-refractivity contribution in [3.63, 3.8) is 0 Å². The lowest BCUT2D eigenvalue weighted by Crippen LogP contribution is -1.95. The van der Waals surface area contributed by atoms with Gasteiger partial charge in [0.25, 0.3) is 0 Å². The highest BCUT2D eigenvalue weighted by molar-refractivity contribution is 5.64. The van der Waals surface area contributed by atoms with Crippen LogP contribution >= 0.6 is 0 Å². The van der Waals surface area contributed by atoms with Crippen LogP contribution in [-0.2, 0) is 0 Å². The molecule has 0 aliphatic heterocycles. The van der Waals surface area contributed by atoms with Crippen LogP contribution in [0.2, 0.25) is 0 Å². The standard InChI is InChI=1S/C46H38O8/c1-47-39-20-22-41(49-3)33(25-39)16-18-37-29-43(51-5)35(27-45(37)53-7)14-12-31-10-9-11-32(24-31)13-15-36-28-46(54-8)38(30-44(36)52-6)19-17-34-26-40(48-2)21-23-42(34)50-4/h9-11,20-30H,1-8H3. The predicted octanol–water partition coefficient (Wildman–Crippen LogP) is 7.35. The van der Waals surface area contributed by atoms with Crippen LogP contribution in [0.15, 0.2) is 84.9 Å². The van der Waals surface area contributed by atoms with E-state index in [1.807, 2.05) is 72.8 Å². The zero-order valence-corrected chi connectivity index (χ0v) is 31.3. The maximum Gasteiger partial charge on any atom is 0.136 e. The van der Waals surface area contributed by atoms with E-state index in [1.165, 1.54) is 0 Å². The molecule has 0 heterocycles. The topological polar surface area (TPSA) is 73.8 Å². The zero-order chi connectivity index (χ0) is 38.5. The van der Waals surface area contributed by atoms with Gasteiger partial charge in [-0.3, -0.25) is 0 Å². The summed E-state index contributed by atoms with van der Waals surface area (Å²) in [4.78, 5) is 0. The van der Waals surface area contributed by atoms with Crippen LogP contribution in [0, 0.1) is 47.4 Å². The fraction of sp³-hybridized carbons (Fsp3) is 0.174. The molecule has 0 atom stereocenters. The lowest BCUT2D eigenvalue weighted by atomic mass is 10.1. The molecule has 0 radical (unpaired) electrons. The number of methoxy groups -OCH3 is 8. The van der Waals surface area contributed by atoms with Gasteiger partial charge in [0.15, 0.2) is 0 Å². The number of hydrogen-bond acceptors (Lipinski definition) is 8. The van der Waals surface area contributed by atoms with Gasteiger partial charge in [0, 0.05) is 35.4 Å². The van der Waals surface area contributed by atoms with Gasteiger partial charge < -0.3 is 37.9 Å². The molecule has 0 saturated heterocycles. The maximum atomic E-state index is 5.69. The lowest BCUT2D eigenvalue weighted by Gasteiger charge is -2.09. The summed E-state index contributed by atoms with van der Waals surface area (Å²) < 4.78 is 44.4. The Bertz CT molecular complexity index is 2250. The maximum absolute atomic E-state index is 5.69. The van der Waals surface area contributed by atoms with Gasteiger partial charge in [0.2, 0.25) is 0 Å². The van der Waals surface area contributed by atoms with Crippen molar-refractivity contribution in [2.75, 3.05) is 56.9 Å². The van der Waals surface area contributed by atoms with E-state index in [0.717, 1.165) is 11.1 Å². The zero-order valence-electron chi connectivity index (χ0n) is 31.3. The van der Waals surface area contributed by atoms with Crippen LogP contribution in [0.1, 0.15) is 44.5 Å². The summed E-state index contributed by atoms with van der Waals surface area (Å²) in [6.45, 7) is 0. The third kappa shape index (κ3) is 9.15. The van der Waals surface area contributed by atoms with Crippen LogP contribution in [0.3, 0.4) is 0 Å². The van der Waals surface area contributed by atoms with E-state index in [-0.39, 0.29) is 0 Å². The van der Waals surface area contributed by atoms with Crippen molar-refractivity contribution in [1.82, 2.24) is 0 Å². The smallest absolute Gasteiger partial charge is 0.136 e. The molecular formula is C46H38O8. The third-order valence-corrected chi connectivity index (χ3v) is 8.07. The molecule has 8 nitrogen and oxygen atoms in total. The van der Waals surface area contributed by atoms with Crippen molar-refractivity contribution in [2.45, 2.75) is 0 Å². The molecular weight excluding hydrogens is 680 g/mol. The average Bonchev–Trinajstić information content (AvgIpc) is 3.22. The summed E-state index contributed by atoms with van der Waals surface area (Å²) in [5.74, 6) is 30.4. The molecule has 0 aliphatic rings. The van der Waals surface area contributed by atoms with Gasteiger partial charge in [-0.25, -0.2) is 0 Å². The Labute approximate surface area is 316 Å².